The third-order valence-corrected chi connectivity index (χ3v) is 3.30. The maximum Gasteiger partial charge on any atom is 0.304 e. The molecule has 2 aromatic rings. The first kappa shape index (κ1) is 13.3. The Morgan fingerprint density at radius 3 is 2.74 bits per heavy atom. The van der Waals surface area contributed by atoms with Gasteiger partial charge < -0.3 is 9.84 Å². The summed E-state index contributed by atoms with van der Waals surface area (Å²) in [5.41, 5.74) is 0.537. The molecule has 0 aliphatic heterocycles. The van der Waals surface area contributed by atoms with Crippen LogP contribution < -0.4 is 4.74 Å². The fraction of sp³-hybridized carbons (Fsp3) is 0.333. The fourth-order valence-corrected chi connectivity index (χ4v) is 2.21. The standard InChI is InChI=1S/C15H17NO3/c1-15(2,9-13(17)18)11-5-4-10-6-7-16-14(19-3)12(10)8-11/h4-8H,9H2,1-3H3,(H,17,18). The van der Waals surface area contributed by atoms with Gasteiger partial charge in [-0.1, -0.05) is 26.0 Å². The summed E-state index contributed by atoms with van der Waals surface area (Å²) in [5, 5.41) is 10.9. The molecule has 0 radical (unpaired) electrons. The van der Waals surface area contributed by atoms with Gasteiger partial charge in [-0.25, -0.2) is 4.98 Å². The molecule has 1 aromatic carbocycles. The summed E-state index contributed by atoms with van der Waals surface area (Å²) >= 11 is 0. The third-order valence-electron chi connectivity index (χ3n) is 3.30. The normalized spacial score (nSPS) is 11.5. The molecular weight excluding hydrogens is 242 g/mol. The van der Waals surface area contributed by atoms with E-state index in [1.807, 2.05) is 38.1 Å². The van der Waals surface area contributed by atoms with Gasteiger partial charge in [0, 0.05) is 17.0 Å². The summed E-state index contributed by atoms with van der Waals surface area (Å²) in [6.45, 7) is 3.84. The highest BCUT2D eigenvalue weighted by atomic mass is 16.5. The van der Waals surface area contributed by atoms with Crippen LogP contribution in [0.2, 0.25) is 0 Å². The molecule has 0 aliphatic carbocycles. The molecule has 2 rings (SSSR count). The number of carboxylic acids is 1. The van der Waals surface area contributed by atoms with Gasteiger partial charge in [-0.05, 0) is 23.1 Å². The van der Waals surface area contributed by atoms with Gasteiger partial charge in [0.15, 0.2) is 0 Å². The van der Waals surface area contributed by atoms with Gasteiger partial charge in [-0.15, -0.1) is 0 Å². The number of rotatable bonds is 4. The van der Waals surface area contributed by atoms with Gasteiger partial charge >= 0.3 is 5.97 Å². The number of aliphatic carboxylic acids is 1. The molecule has 19 heavy (non-hydrogen) atoms. The minimum Gasteiger partial charge on any atom is -0.481 e. The molecule has 0 aliphatic rings. The maximum absolute atomic E-state index is 10.9. The monoisotopic (exact) mass is 259 g/mol. The van der Waals surface area contributed by atoms with Gasteiger partial charge in [0.2, 0.25) is 5.88 Å². The molecule has 100 valence electrons. The lowest BCUT2D eigenvalue weighted by Crippen LogP contribution is -2.21. The predicted molar refractivity (Wildman–Crippen MR) is 73.6 cm³/mol. The number of hydrogen-bond donors (Lipinski definition) is 1. The summed E-state index contributed by atoms with van der Waals surface area (Å²) in [5.74, 6) is -0.242. The molecule has 0 unspecified atom stereocenters. The van der Waals surface area contributed by atoms with E-state index in [-0.39, 0.29) is 6.42 Å². The Hall–Kier alpha value is -2.10. The molecule has 0 saturated heterocycles. The summed E-state index contributed by atoms with van der Waals surface area (Å²) in [6.07, 6.45) is 1.78. The Bertz CT molecular complexity index is 620. The summed E-state index contributed by atoms with van der Waals surface area (Å²) in [6, 6.07) is 7.80. The van der Waals surface area contributed by atoms with Crippen molar-refractivity contribution in [2.24, 2.45) is 0 Å². The van der Waals surface area contributed by atoms with Crippen LogP contribution in [0.5, 0.6) is 5.88 Å². The Morgan fingerprint density at radius 1 is 1.37 bits per heavy atom. The number of methoxy groups -OCH3 is 1. The van der Waals surface area contributed by atoms with E-state index in [1.54, 1.807) is 13.3 Å². The van der Waals surface area contributed by atoms with Crippen molar-refractivity contribution in [3.05, 3.63) is 36.0 Å². The second-order valence-electron chi connectivity index (χ2n) is 5.21. The second-order valence-corrected chi connectivity index (χ2v) is 5.21. The van der Waals surface area contributed by atoms with Crippen LogP contribution in [0.15, 0.2) is 30.5 Å². The van der Waals surface area contributed by atoms with Crippen LogP contribution in [0, 0.1) is 0 Å². The van der Waals surface area contributed by atoms with Crippen LogP contribution >= 0.6 is 0 Å². The van der Waals surface area contributed by atoms with Crippen molar-refractivity contribution in [3.63, 3.8) is 0 Å². The molecule has 0 fully saturated rings. The zero-order valence-electron chi connectivity index (χ0n) is 11.3. The predicted octanol–water partition coefficient (Wildman–Crippen LogP) is 3.00. The molecule has 1 aromatic heterocycles. The van der Waals surface area contributed by atoms with E-state index in [9.17, 15) is 4.79 Å². The van der Waals surface area contributed by atoms with Crippen molar-refractivity contribution in [1.29, 1.82) is 0 Å². The number of benzene rings is 1. The van der Waals surface area contributed by atoms with E-state index < -0.39 is 11.4 Å². The van der Waals surface area contributed by atoms with Crippen LogP contribution in [0.3, 0.4) is 0 Å². The molecule has 1 N–H and O–H groups in total. The van der Waals surface area contributed by atoms with Crippen molar-refractivity contribution in [1.82, 2.24) is 4.98 Å². The maximum atomic E-state index is 10.9. The Labute approximate surface area is 112 Å². The zero-order valence-corrected chi connectivity index (χ0v) is 11.3. The van der Waals surface area contributed by atoms with Crippen molar-refractivity contribution >= 4 is 16.7 Å². The molecule has 0 amide bonds. The highest BCUT2D eigenvalue weighted by molar-refractivity contribution is 5.87. The SMILES string of the molecule is COc1nccc2ccc(C(C)(C)CC(=O)O)cc12. The van der Waals surface area contributed by atoms with E-state index in [0.29, 0.717) is 5.88 Å². The zero-order chi connectivity index (χ0) is 14.0. The van der Waals surface area contributed by atoms with Crippen LogP contribution in [-0.4, -0.2) is 23.2 Å². The largest absolute Gasteiger partial charge is 0.481 e. The minimum absolute atomic E-state index is 0.0844. The quantitative estimate of drug-likeness (QED) is 0.917. The van der Waals surface area contributed by atoms with E-state index in [4.69, 9.17) is 9.84 Å². The lowest BCUT2D eigenvalue weighted by Gasteiger charge is -2.23. The smallest absolute Gasteiger partial charge is 0.304 e. The number of pyridine rings is 1. The highest BCUT2D eigenvalue weighted by Crippen LogP contribution is 2.32. The molecular formula is C15H17NO3. The molecule has 4 heteroatoms. The summed E-state index contributed by atoms with van der Waals surface area (Å²) in [4.78, 5) is 15.1. The van der Waals surface area contributed by atoms with Crippen LogP contribution in [0.4, 0.5) is 0 Å². The summed E-state index contributed by atoms with van der Waals surface area (Å²) < 4.78 is 5.25. The first-order chi connectivity index (χ1) is 8.94. The lowest BCUT2D eigenvalue weighted by molar-refractivity contribution is -0.138. The lowest BCUT2D eigenvalue weighted by atomic mass is 9.81. The molecule has 0 bridgehead atoms. The molecule has 0 spiro atoms. The van der Waals surface area contributed by atoms with Crippen molar-refractivity contribution in [3.8, 4) is 5.88 Å². The van der Waals surface area contributed by atoms with Crippen molar-refractivity contribution in [2.45, 2.75) is 25.7 Å². The minimum atomic E-state index is -0.803. The first-order valence-corrected chi connectivity index (χ1v) is 6.09. The summed E-state index contributed by atoms with van der Waals surface area (Å²) in [7, 11) is 1.58. The second kappa shape index (κ2) is 4.88. The van der Waals surface area contributed by atoms with E-state index in [1.165, 1.54) is 0 Å². The first-order valence-electron chi connectivity index (χ1n) is 6.09. The number of nitrogens with zero attached hydrogens (tertiary/aromatic N) is 1. The number of aromatic nitrogens is 1. The van der Waals surface area contributed by atoms with Crippen molar-refractivity contribution < 1.29 is 14.6 Å². The third kappa shape index (κ3) is 2.67. The molecule has 0 saturated carbocycles. The Balaban J connectivity index is 2.54. The Kier molecular flexibility index (Phi) is 3.42. The van der Waals surface area contributed by atoms with E-state index in [2.05, 4.69) is 4.98 Å². The van der Waals surface area contributed by atoms with Crippen LogP contribution in [0.25, 0.3) is 10.8 Å². The van der Waals surface area contributed by atoms with Gasteiger partial charge in [0.05, 0.1) is 13.5 Å². The Morgan fingerprint density at radius 2 is 2.11 bits per heavy atom. The number of ether oxygens (including phenoxy) is 1. The number of hydrogen-bond acceptors (Lipinski definition) is 3. The van der Waals surface area contributed by atoms with Crippen LogP contribution in [0.1, 0.15) is 25.8 Å². The van der Waals surface area contributed by atoms with Crippen molar-refractivity contribution in [2.75, 3.05) is 7.11 Å². The number of fused-ring (bicyclic) bond motifs is 1. The van der Waals surface area contributed by atoms with E-state index >= 15 is 0 Å². The highest BCUT2D eigenvalue weighted by Gasteiger charge is 2.24. The topological polar surface area (TPSA) is 59.4 Å². The number of carbonyl (C=O) groups is 1. The fourth-order valence-electron chi connectivity index (χ4n) is 2.21. The average molecular weight is 259 g/mol. The molecule has 1 heterocycles. The average Bonchev–Trinajstić information content (AvgIpc) is 2.35. The molecule has 4 nitrogen and oxygen atoms in total. The van der Waals surface area contributed by atoms with Gasteiger partial charge in [-0.2, -0.15) is 0 Å². The van der Waals surface area contributed by atoms with Crippen LogP contribution in [-0.2, 0) is 10.2 Å². The molecule has 0 atom stereocenters. The van der Waals surface area contributed by atoms with E-state index in [0.717, 1.165) is 16.3 Å². The van der Waals surface area contributed by atoms with Gasteiger partial charge in [0.1, 0.15) is 0 Å². The van der Waals surface area contributed by atoms with Gasteiger partial charge in [0.25, 0.3) is 0 Å². The van der Waals surface area contributed by atoms with Gasteiger partial charge in [-0.3, -0.25) is 4.79 Å². The number of carboxylic acid groups (broad SMARTS) is 1.